The molecular formula is C16H15BrClF2N. The summed E-state index contributed by atoms with van der Waals surface area (Å²) in [6, 6.07) is 7.27. The zero-order valence-corrected chi connectivity index (χ0v) is 14.0. The van der Waals surface area contributed by atoms with Crippen LogP contribution in [0.2, 0.25) is 5.02 Å². The molecule has 1 nitrogen and oxygen atoms in total. The van der Waals surface area contributed by atoms with Crippen molar-refractivity contribution in [2.75, 3.05) is 6.54 Å². The third-order valence-corrected chi connectivity index (χ3v) is 4.22. The van der Waals surface area contributed by atoms with Crippen LogP contribution in [-0.4, -0.2) is 6.54 Å². The van der Waals surface area contributed by atoms with Crippen LogP contribution in [0.4, 0.5) is 8.78 Å². The third kappa shape index (κ3) is 3.62. The second-order valence-corrected chi connectivity index (χ2v) is 6.07. The van der Waals surface area contributed by atoms with Crippen LogP contribution in [0.3, 0.4) is 0 Å². The Hall–Kier alpha value is -0.970. The van der Waals surface area contributed by atoms with Gasteiger partial charge in [0, 0.05) is 15.1 Å². The molecule has 2 aromatic carbocycles. The predicted octanol–water partition coefficient (Wildman–Crippen LogP) is 5.39. The van der Waals surface area contributed by atoms with Gasteiger partial charge in [0.1, 0.15) is 11.6 Å². The molecular weight excluding hydrogens is 360 g/mol. The fraction of sp³-hybridized carbons (Fsp3) is 0.250. The van der Waals surface area contributed by atoms with E-state index in [0.29, 0.717) is 11.6 Å². The topological polar surface area (TPSA) is 12.0 Å². The maximum Gasteiger partial charge on any atom is 0.128 e. The molecule has 0 aliphatic carbocycles. The Kier molecular flexibility index (Phi) is 5.36. The minimum atomic E-state index is -0.474. The van der Waals surface area contributed by atoms with Crippen LogP contribution < -0.4 is 5.32 Å². The fourth-order valence-corrected chi connectivity index (χ4v) is 2.87. The number of halogens is 4. The van der Waals surface area contributed by atoms with Crippen molar-refractivity contribution in [3.05, 3.63) is 68.2 Å². The maximum atomic E-state index is 14.3. The highest BCUT2D eigenvalue weighted by molar-refractivity contribution is 9.10. The molecule has 1 atom stereocenters. The van der Waals surface area contributed by atoms with Gasteiger partial charge in [-0.2, -0.15) is 0 Å². The van der Waals surface area contributed by atoms with Crippen LogP contribution in [0.1, 0.15) is 29.7 Å². The van der Waals surface area contributed by atoms with E-state index in [1.54, 1.807) is 25.1 Å². The molecule has 0 spiro atoms. The van der Waals surface area contributed by atoms with E-state index in [4.69, 9.17) is 11.6 Å². The summed E-state index contributed by atoms with van der Waals surface area (Å²) >= 11 is 9.47. The molecule has 2 aromatic rings. The van der Waals surface area contributed by atoms with Crippen molar-refractivity contribution in [1.82, 2.24) is 5.32 Å². The summed E-state index contributed by atoms with van der Waals surface area (Å²) in [5, 5.41) is 3.72. The van der Waals surface area contributed by atoms with Crippen LogP contribution in [0.15, 0.2) is 34.8 Å². The molecule has 0 fully saturated rings. The largest absolute Gasteiger partial charge is 0.306 e. The lowest BCUT2D eigenvalue weighted by molar-refractivity contribution is 0.540. The van der Waals surface area contributed by atoms with Gasteiger partial charge in [-0.1, -0.05) is 34.5 Å². The van der Waals surface area contributed by atoms with Gasteiger partial charge in [-0.05, 0) is 54.9 Å². The van der Waals surface area contributed by atoms with E-state index in [-0.39, 0.29) is 11.1 Å². The average Bonchev–Trinajstić information content (AvgIpc) is 2.43. The van der Waals surface area contributed by atoms with Crippen LogP contribution in [0, 0.1) is 18.6 Å². The molecule has 0 aromatic heterocycles. The normalized spacial score (nSPS) is 12.5. The zero-order chi connectivity index (χ0) is 15.6. The van der Waals surface area contributed by atoms with Crippen molar-refractivity contribution in [3.8, 4) is 0 Å². The van der Waals surface area contributed by atoms with E-state index in [1.807, 2.05) is 6.92 Å². The van der Waals surface area contributed by atoms with Crippen LogP contribution in [0.25, 0.3) is 0 Å². The van der Waals surface area contributed by atoms with Gasteiger partial charge in [0.15, 0.2) is 0 Å². The fourth-order valence-electron chi connectivity index (χ4n) is 2.21. The molecule has 0 heterocycles. The molecule has 21 heavy (non-hydrogen) atoms. The number of nitrogens with one attached hydrogen (secondary N) is 1. The quantitative estimate of drug-likeness (QED) is 0.757. The summed E-state index contributed by atoms with van der Waals surface area (Å²) in [5.41, 5.74) is 1.33. The zero-order valence-electron chi connectivity index (χ0n) is 11.7. The predicted molar refractivity (Wildman–Crippen MR) is 85.8 cm³/mol. The Labute approximate surface area is 136 Å². The van der Waals surface area contributed by atoms with Crippen LogP contribution in [-0.2, 0) is 0 Å². The molecule has 1 N–H and O–H groups in total. The van der Waals surface area contributed by atoms with Crippen molar-refractivity contribution in [1.29, 1.82) is 0 Å². The first-order chi connectivity index (χ1) is 9.93. The van der Waals surface area contributed by atoms with Crippen molar-refractivity contribution >= 4 is 27.5 Å². The second-order valence-electron chi connectivity index (χ2n) is 4.78. The van der Waals surface area contributed by atoms with E-state index in [9.17, 15) is 8.78 Å². The standard InChI is InChI=1S/C16H15BrClF2N/c1-3-21-16(11-7-10(18)4-5-13(11)17)12-8-14(19)9(2)6-15(12)20/h4-8,16,21H,3H2,1-2H3. The molecule has 0 saturated carbocycles. The van der Waals surface area contributed by atoms with Crippen LogP contribution in [0.5, 0.6) is 0 Å². The number of benzene rings is 2. The Balaban J connectivity index is 2.58. The minimum absolute atomic E-state index is 0.267. The monoisotopic (exact) mass is 373 g/mol. The smallest absolute Gasteiger partial charge is 0.128 e. The van der Waals surface area contributed by atoms with E-state index in [1.165, 1.54) is 12.1 Å². The lowest BCUT2D eigenvalue weighted by atomic mass is 9.97. The first-order valence-electron chi connectivity index (χ1n) is 6.58. The van der Waals surface area contributed by atoms with Gasteiger partial charge in [0.25, 0.3) is 0 Å². The first kappa shape index (κ1) is 16.4. The van der Waals surface area contributed by atoms with Gasteiger partial charge in [-0.25, -0.2) is 8.78 Å². The Morgan fingerprint density at radius 2 is 1.86 bits per heavy atom. The molecule has 5 heteroatoms. The van der Waals surface area contributed by atoms with E-state index >= 15 is 0 Å². The van der Waals surface area contributed by atoms with Crippen molar-refractivity contribution < 1.29 is 8.78 Å². The van der Waals surface area contributed by atoms with Crippen molar-refractivity contribution in [3.63, 3.8) is 0 Å². The Bertz CT molecular complexity index is 661. The summed E-state index contributed by atoms with van der Waals surface area (Å²) < 4.78 is 28.9. The van der Waals surface area contributed by atoms with Crippen LogP contribution >= 0.6 is 27.5 Å². The molecule has 0 aliphatic rings. The molecule has 0 amide bonds. The lowest BCUT2D eigenvalue weighted by Crippen LogP contribution is -2.23. The summed E-state index contributed by atoms with van der Waals surface area (Å²) in [7, 11) is 0. The second kappa shape index (κ2) is 6.86. The summed E-state index contributed by atoms with van der Waals surface area (Å²) in [6.45, 7) is 4.06. The minimum Gasteiger partial charge on any atom is -0.306 e. The molecule has 0 saturated heterocycles. The third-order valence-electron chi connectivity index (χ3n) is 3.27. The number of hydrogen-bond donors (Lipinski definition) is 1. The number of hydrogen-bond acceptors (Lipinski definition) is 1. The lowest BCUT2D eigenvalue weighted by Gasteiger charge is -2.21. The average molecular weight is 375 g/mol. The van der Waals surface area contributed by atoms with Gasteiger partial charge in [0.05, 0.1) is 6.04 Å². The Morgan fingerprint density at radius 1 is 1.14 bits per heavy atom. The highest BCUT2D eigenvalue weighted by Crippen LogP contribution is 2.33. The SMILES string of the molecule is CCNC(c1cc(F)c(C)cc1F)c1cc(Cl)ccc1Br. The molecule has 2 rings (SSSR count). The van der Waals surface area contributed by atoms with E-state index < -0.39 is 17.7 Å². The van der Waals surface area contributed by atoms with Gasteiger partial charge in [0.2, 0.25) is 0 Å². The van der Waals surface area contributed by atoms with Gasteiger partial charge in [-0.15, -0.1) is 0 Å². The molecule has 1 unspecified atom stereocenters. The van der Waals surface area contributed by atoms with Gasteiger partial charge in [-0.3, -0.25) is 0 Å². The van der Waals surface area contributed by atoms with Gasteiger partial charge < -0.3 is 5.32 Å². The Morgan fingerprint density at radius 3 is 2.52 bits per heavy atom. The van der Waals surface area contributed by atoms with E-state index in [0.717, 1.165) is 10.0 Å². The molecule has 0 radical (unpaired) electrons. The molecule has 112 valence electrons. The highest BCUT2D eigenvalue weighted by atomic mass is 79.9. The van der Waals surface area contributed by atoms with Crippen molar-refractivity contribution in [2.24, 2.45) is 0 Å². The van der Waals surface area contributed by atoms with Gasteiger partial charge >= 0.3 is 0 Å². The van der Waals surface area contributed by atoms with Crippen molar-refractivity contribution in [2.45, 2.75) is 19.9 Å². The molecule has 0 bridgehead atoms. The summed E-state index contributed by atoms with van der Waals surface area (Å²) in [5.74, 6) is -0.862. The summed E-state index contributed by atoms with van der Waals surface area (Å²) in [4.78, 5) is 0. The molecule has 0 aliphatic heterocycles. The number of aryl methyl sites for hydroxylation is 1. The number of rotatable bonds is 4. The maximum absolute atomic E-state index is 14.3. The highest BCUT2D eigenvalue weighted by Gasteiger charge is 2.21. The van der Waals surface area contributed by atoms with E-state index in [2.05, 4.69) is 21.2 Å². The summed E-state index contributed by atoms with van der Waals surface area (Å²) in [6.07, 6.45) is 0. The first-order valence-corrected chi connectivity index (χ1v) is 7.75.